The average molecular weight is 146 g/mol. The second-order valence-electron chi connectivity index (χ2n) is 2.65. The Labute approximate surface area is 65.2 Å². The quantitative estimate of drug-likeness (QED) is 0.572. The summed E-state index contributed by atoms with van der Waals surface area (Å²) in [4.78, 5) is 10.9. The summed E-state index contributed by atoms with van der Waals surface area (Å²) in [6, 6.07) is 8.71. The molecule has 0 bridgehead atoms. The third-order valence-electron chi connectivity index (χ3n) is 1.88. The number of hydrogen-bond acceptors (Lipinski definition) is 1. The number of carbonyl (C=O) groups is 1. The van der Waals surface area contributed by atoms with Crippen LogP contribution < -0.4 is 5.32 Å². The molecular formula is C9H8NO. The van der Waals surface area contributed by atoms with E-state index >= 15 is 0 Å². The molecule has 11 heavy (non-hydrogen) atoms. The molecule has 1 aliphatic rings. The van der Waals surface area contributed by atoms with Crippen molar-refractivity contribution in [2.24, 2.45) is 0 Å². The van der Waals surface area contributed by atoms with E-state index in [1.54, 1.807) is 0 Å². The molecule has 55 valence electrons. The lowest BCUT2D eigenvalue weighted by Gasteiger charge is -2.15. The van der Waals surface area contributed by atoms with E-state index in [1.807, 2.05) is 18.2 Å². The predicted octanol–water partition coefficient (Wildman–Crippen LogP) is 0.659. The van der Waals surface area contributed by atoms with Crippen molar-refractivity contribution in [3.05, 3.63) is 35.4 Å². The van der Waals surface area contributed by atoms with Crippen LogP contribution in [-0.4, -0.2) is 5.91 Å². The number of benzene rings is 1. The SMILES string of the molecule is O=C1Cc2c[c]ccc2CN1. The van der Waals surface area contributed by atoms with E-state index in [1.165, 1.54) is 5.56 Å². The van der Waals surface area contributed by atoms with Gasteiger partial charge in [-0.05, 0) is 17.2 Å². The fraction of sp³-hybridized carbons (Fsp3) is 0.222. The zero-order valence-electron chi connectivity index (χ0n) is 6.05. The lowest BCUT2D eigenvalue weighted by molar-refractivity contribution is -0.121. The van der Waals surface area contributed by atoms with Crippen molar-refractivity contribution in [2.45, 2.75) is 13.0 Å². The van der Waals surface area contributed by atoms with Gasteiger partial charge in [0.15, 0.2) is 0 Å². The largest absolute Gasteiger partial charge is 0.352 e. The first-order chi connectivity index (χ1) is 5.36. The molecule has 0 saturated heterocycles. The molecule has 0 fully saturated rings. The van der Waals surface area contributed by atoms with E-state index < -0.39 is 0 Å². The van der Waals surface area contributed by atoms with Crippen LogP contribution in [-0.2, 0) is 17.8 Å². The van der Waals surface area contributed by atoms with E-state index in [9.17, 15) is 4.79 Å². The minimum atomic E-state index is 0.108. The molecule has 1 amide bonds. The molecule has 1 radical (unpaired) electrons. The van der Waals surface area contributed by atoms with Gasteiger partial charge in [-0.1, -0.05) is 18.2 Å². The van der Waals surface area contributed by atoms with Gasteiger partial charge in [-0.15, -0.1) is 0 Å². The Hall–Kier alpha value is -1.31. The molecule has 1 N–H and O–H groups in total. The van der Waals surface area contributed by atoms with Gasteiger partial charge in [-0.3, -0.25) is 4.79 Å². The van der Waals surface area contributed by atoms with Gasteiger partial charge >= 0.3 is 0 Å². The van der Waals surface area contributed by atoms with Crippen LogP contribution in [0.1, 0.15) is 11.1 Å². The van der Waals surface area contributed by atoms with Gasteiger partial charge in [0.2, 0.25) is 5.91 Å². The normalized spacial score (nSPS) is 15.5. The zero-order chi connectivity index (χ0) is 7.68. The molecule has 0 saturated carbocycles. The maximum absolute atomic E-state index is 10.9. The Morgan fingerprint density at radius 1 is 1.45 bits per heavy atom. The number of hydrogen-bond donors (Lipinski definition) is 1. The minimum Gasteiger partial charge on any atom is -0.352 e. The van der Waals surface area contributed by atoms with Gasteiger partial charge in [0.1, 0.15) is 0 Å². The Morgan fingerprint density at radius 2 is 2.36 bits per heavy atom. The van der Waals surface area contributed by atoms with Crippen LogP contribution >= 0.6 is 0 Å². The molecule has 2 heteroatoms. The summed E-state index contributed by atoms with van der Waals surface area (Å²) < 4.78 is 0. The highest BCUT2D eigenvalue weighted by atomic mass is 16.1. The summed E-state index contributed by atoms with van der Waals surface area (Å²) in [6.07, 6.45) is 0.507. The third-order valence-corrected chi connectivity index (χ3v) is 1.88. The number of amides is 1. The molecule has 1 aromatic carbocycles. The molecule has 0 aromatic heterocycles. The first-order valence-corrected chi connectivity index (χ1v) is 3.61. The van der Waals surface area contributed by atoms with E-state index in [2.05, 4.69) is 11.4 Å². The summed E-state index contributed by atoms with van der Waals surface area (Å²) in [6.45, 7) is 0.669. The number of nitrogens with one attached hydrogen (secondary N) is 1. The molecule has 1 aliphatic heterocycles. The van der Waals surface area contributed by atoms with Crippen molar-refractivity contribution in [3.63, 3.8) is 0 Å². The van der Waals surface area contributed by atoms with Crippen LogP contribution in [0, 0.1) is 6.07 Å². The van der Waals surface area contributed by atoms with Crippen molar-refractivity contribution in [3.8, 4) is 0 Å². The highest BCUT2D eigenvalue weighted by molar-refractivity contribution is 5.80. The van der Waals surface area contributed by atoms with Gasteiger partial charge in [-0.2, -0.15) is 0 Å². The Bertz CT molecular complexity index is 293. The summed E-state index contributed by atoms with van der Waals surface area (Å²) in [7, 11) is 0. The van der Waals surface area contributed by atoms with E-state index in [0.29, 0.717) is 13.0 Å². The molecule has 0 unspecified atom stereocenters. The highest BCUT2D eigenvalue weighted by Gasteiger charge is 2.12. The van der Waals surface area contributed by atoms with Gasteiger partial charge in [-0.25, -0.2) is 0 Å². The van der Waals surface area contributed by atoms with Crippen molar-refractivity contribution in [2.75, 3.05) is 0 Å². The minimum absolute atomic E-state index is 0.108. The van der Waals surface area contributed by atoms with Crippen LogP contribution in [0.2, 0.25) is 0 Å². The first-order valence-electron chi connectivity index (χ1n) is 3.61. The monoisotopic (exact) mass is 146 g/mol. The Balaban J connectivity index is 2.41. The zero-order valence-corrected chi connectivity index (χ0v) is 6.05. The summed E-state index contributed by atoms with van der Waals surface area (Å²) in [5.41, 5.74) is 2.32. The maximum atomic E-state index is 10.9. The second kappa shape index (κ2) is 2.38. The average Bonchev–Trinajstić information content (AvgIpc) is 2.04. The van der Waals surface area contributed by atoms with Crippen molar-refractivity contribution >= 4 is 5.91 Å². The Morgan fingerprint density at radius 3 is 3.27 bits per heavy atom. The third kappa shape index (κ3) is 1.11. The fourth-order valence-electron chi connectivity index (χ4n) is 1.26. The Kier molecular flexibility index (Phi) is 1.39. The highest BCUT2D eigenvalue weighted by Crippen LogP contribution is 2.12. The van der Waals surface area contributed by atoms with Crippen molar-refractivity contribution in [1.29, 1.82) is 0 Å². The smallest absolute Gasteiger partial charge is 0.224 e. The molecule has 2 nitrogen and oxygen atoms in total. The molecular weight excluding hydrogens is 138 g/mol. The summed E-state index contributed by atoms with van der Waals surface area (Å²) >= 11 is 0. The van der Waals surface area contributed by atoms with E-state index in [4.69, 9.17) is 0 Å². The summed E-state index contributed by atoms with van der Waals surface area (Å²) in [5.74, 6) is 0.108. The first kappa shape index (κ1) is 6.40. The molecule has 2 rings (SSSR count). The molecule has 1 aromatic rings. The van der Waals surface area contributed by atoms with Crippen molar-refractivity contribution < 1.29 is 4.79 Å². The van der Waals surface area contributed by atoms with E-state index in [0.717, 1.165) is 5.56 Å². The van der Waals surface area contributed by atoms with Gasteiger partial charge in [0, 0.05) is 6.54 Å². The van der Waals surface area contributed by atoms with E-state index in [-0.39, 0.29) is 5.91 Å². The molecule has 0 aliphatic carbocycles. The molecule has 0 spiro atoms. The molecule has 0 atom stereocenters. The van der Waals surface area contributed by atoms with Gasteiger partial charge < -0.3 is 5.32 Å². The lowest BCUT2D eigenvalue weighted by atomic mass is 10.0. The number of rotatable bonds is 0. The molecule has 1 heterocycles. The van der Waals surface area contributed by atoms with Gasteiger partial charge in [0.25, 0.3) is 0 Å². The maximum Gasteiger partial charge on any atom is 0.224 e. The predicted molar refractivity (Wildman–Crippen MR) is 40.8 cm³/mol. The van der Waals surface area contributed by atoms with Crippen LogP contribution in [0.25, 0.3) is 0 Å². The summed E-state index contributed by atoms with van der Waals surface area (Å²) in [5, 5.41) is 2.79. The van der Waals surface area contributed by atoms with Gasteiger partial charge in [0.05, 0.1) is 6.42 Å². The fourth-order valence-corrected chi connectivity index (χ4v) is 1.26. The van der Waals surface area contributed by atoms with Crippen LogP contribution in [0.5, 0.6) is 0 Å². The number of fused-ring (bicyclic) bond motifs is 1. The lowest BCUT2D eigenvalue weighted by Crippen LogP contribution is -2.29. The van der Waals surface area contributed by atoms with Crippen LogP contribution in [0.3, 0.4) is 0 Å². The van der Waals surface area contributed by atoms with Crippen LogP contribution in [0.15, 0.2) is 18.2 Å². The second-order valence-corrected chi connectivity index (χ2v) is 2.65. The van der Waals surface area contributed by atoms with Crippen molar-refractivity contribution in [1.82, 2.24) is 5.32 Å². The number of carbonyl (C=O) groups excluding carboxylic acids is 1. The topological polar surface area (TPSA) is 29.1 Å². The standard InChI is InChI=1S/C9H8NO/c11-9-5-7-3-1-2-4-8(7)6-10-9/h2-4H,5-6H2,(H,10,11). The van der Waals surface area contributed by atoms with Crippen LogP contribution in [0.4, 0.5) is 0 Å².